The second kappa shape index (κ2) is 7.93. The van der Waals surface area contributed by atoms with Crippen LogP contribution in [0.1, 0.15) is 26.0 Å². The van der Waals surface area contributed by atoms with Gasteiger partial charge in [-0.25, -0.2) is 15.0 Å². The molecule has 0 amide bonds. The van der Waals surface area contributed by atoms with Crippen LogP contribution >= 0.6 is 23.1 Å². The number of fused-ring (bicyclic) bond motifs is 2. The fraction of sp³-hybridized carbons (Fsp3) is 0.524. The summed E-state index contributed by atoms with van der Waals surface area (Å²) in [5.41, 5.74) is 2.62. The Bertz CT molecular complexity index is 1090. The molecule has 0 unspecified atom stereocenters. The quantitative estimate of drug-likeness (QED) is 0.438. The number of ether oxygens (including phenoxy) is 2. The van der Waals surface area contributed by atoms with Crippen LogP contribution in [-0.2, 0) is 9.47 Å². The molecule has 3 aromatic rings. The van der Waals surface area contributed by atoms with Crippen molar-refractivity contribution < 1.29 is 14.6 Å². The van der Waals surface area contributed by atoms with Gasteiger partial charge in [-0.2, -0.15) is 0 Å². The highest BCUT2D eigenvalue weighted by Gasteiger charge is 2.54. The number of aliphatic hydroxyl groups is 1. The fourth-order valence-electron chi connectivity index (χ4n) is 4.47. The molecule has 2 N–H and O–H groups in total. The Morgan fingerprint density at radius 3 is 2.81 bits per heavy atom. The molecule has 0 radical (unpaired) electrons. The zero-order valence-electron chi connectivity index (χ0n) is 17.8. The minimum absolute atomic E-state index is 0.0178. The largest absolute Gasteiger partial charge is 0.396 e. The molecular formula is C21H25N5O3S2. The highest BCUT2D eigenvalue weighted by Crippen LogP contribution is 2.44. The molecule has 1 aliphatic heterocycles. The normalized spacial score (nSPS) is 27.0. The molecule has 164 valence electrons. The molecular weight excluding hydrogens is 434 g/mol. The van der Waals surface area contributed by atoms with Gasteiger partial charge in [-0.3, -0.25) is 4.98 Å². The number of aliphatic hydroxyl groups excluding tert-OH is 1. The number of thiazole rings is 1. The van der Waals surface area contributed by atoms with Crippen LogP contribution in [0.25, 0.3) is 20.8 Å². The van der Waals surface area contributed by atoms with Gasteiger partial charge < -0.3 is 19.9 Å². The van der Waals surface area contributed by atoms with E-state index in [1.807, 2.05) is 33.1 Å². The molecule has 1 saturated carbocycles. The molecule has 4 atom stereocenters. The van der Waals surface area contributed by atoms with Crippen LogP contribution < -0.4 is 5.32 Å². The van der Waals surface area contributed by atoms with Gasteiger partial charge in [0.25, 0.3) is 0 Å². The van der Waals surface area contributed by atoms with Crippen LogP contribution in [0.15, 0.2) is 23.6 Å². The highest BCUT2D eigenvalue weighted by molar-refractivity contribution is 7.98. The molecule has 8 nitrogen and oxygen atoms in total. The molecule has 1 saturated heterocycles. The Labute approximate surface area is 188 Å². The number of aryl methyl sites for hydroxylation is 1. The third-order valence-electron chi connectivity index (χ3n) is 5.79. The van der Waals surface area contributed by atoms with Crippen molar-refractivity contribution in [1.29, 1.82) is 0 Å². The third kappa shape index (κ3) is 3.80. The summed E-state index contributed by atoms with van der Waals surface area (Å²) in [6.07, 6.45) is 5.95. The summed E-state index contributed by atoms with van der Waals surface area (Å²) in [5, 5.41) is 15.1. The Morgan fingerprint density at radius 1 is 1.26 bits per heavy atom. The Morgan fingerprint density at radius 2 is 2.06 bits per heavy atom. The van der Waals surface area contributed by atoms with Crippen molar-refractivity contribution in [2.75, 3.05) is 18.2 Å². The second-order valence-corrected chi connectivity index (χ2v) is 10.2. The molecule has 5 rings (SSSR count). The molecule has 2 aliphatic rings. The highest BCUT2D eigenvalue weighted by atomic mass is 32.2. The lowest BCUT2D eigenvalue weighted by Gasteiger charge is -2.24. The number of rotatable bonds is 5. The molecule has 10 heteroatoms. The SMILES string of the molecule is CSc1nc(C)c(-c2nc3cnccc3s2)c(N[C@@H]2C[C@H](CO)[C@H]3OC(C)(C)O[C@H]32)n1. The predicted octanol–water partition coefficient (Wildman–Crippen LogP) is 3.49. The van der Waals surface area contributed by atoms with E-state index in [1.54, 1.807) is 23.7 Å². The van der Waals surface area contributed by atoms with Crippen LogP contribution in [0, 0.1) is 12.8 Å². The number of thioether (sulfide) groups is 1. The Hall–Kier alpha value is -1.85. The molecule has 3 aromatic heterocycles. The lowest BCUT2D eigenvalue weighted by molar-refractivity contribution is -0.158. The fourth-order valence-corrected chi connectivity index (χ4v) is 5.91. The van der Waals surface area contributed by atoms with E-state index in [2.05, 4.69) is 15.3 Å². The monoisotopic (exact) mass is 459 g/mol. The summed E-state index contributed by atoms with van der Waals surface area (Å²) in [4.78, 5) is 18.4. The van der Waals surface area contributed by atoms with E-state index in [-0.39, 0.29) is 30.8 Å². The maximum Gasteiger partial charge on any atom is 0.189 e. The van der Waals surface area contributed by atoms with E-state index < -0.39 is 5.79 Å². The average Bonchev–Trinajstić information content (AvgIpc) is 3.38. The van der Waals surface area contributed by atoms with E-state index in [4.69, 9.17) is 19.4 Å². The first kappa shape index (κ1) is 21.0. The number of nitrogens with zero attached hydrogens (tertiary/aromatic N) is 4. The van der Waals surface area contributed by atoms with Crippen molar-refractivity contribution in [2.24, 2.45) is 5.92 Å². The molecule has 0 bridgehead atoms. The molecule has 0 spiro atoms. The smallest absolute Gasteiger partial charge is 0.189 e. The predicted molar refractivity (Wildman–Crippen MR) is 121 cm³/mol. The van der Waals surface area contributed by atoms with Crippen LogP contribution in [-0.4, -0.2) is 61.9 Å². The van der Waals surface area contributed by atoms with E-state index in [9.17, 15) is 5.11 Å². The van der Waals surface area contributed by atoms with Gasteiger partial charge in [-0.05, 0) is 39.5 Å². The summed E-state index contributed by atoms with van der Waals surface area (Å²) < 4.78 is 13.4. The summed E-state index contributed by atoms with van der Waals surface area (Å²) in [5.74, 6) is 0.0848. The number of pyridine rings is 1. The first-order valence-electron chi connectivity index (χ1n) is 10.2. The topological polar surface area (TPSA) is 102 Å². The molecule has 1 aliphatic carbocycles. The third-order valence-corrected chi connectivity index (χ3v) is 7.40. The zero-order valence-corrected chi connectivity index (χ0v) is 19.5. The van der Waals surface area contributed by atoms with Gasteiger partial charge in [0, 0.05) is 18.7 Å². The van der Waals surface area contributed by atoms with Crippen LogP contribution in [0.5, 0.6) is 0 Å². The van der Waals surface area contributed by atoms with Crippen molar-refractivity contribution >= 4 is 39.1 Å². The van der Waals surface area contributed by atoms with Crippen molar-refractivity contribution in [1.82, 2.24) is 19.9 Å². The zero-order chi connectivity index (χ0) is 21.8. The molecule has 2 fully saturated rings. The lowest BCUT2D eigenvalue weighted by atomic mass is 10.1. The average molecular weight is 460 g/mol. The van der Waals surface area contributed by atoms with Gasteiger partial charge in [0.15, 0.2) is 10.9 Å². The minimum Gasteiger partial charge on any atom is -0.396 e. The standard InChI is InChI=1S/C21H25N5O3S2/c1-10-15(19-25-13-8-22-6-5-14(13)31-19)18(26-20(23-10)30-4)24-12-7-11(9-27)16-17(12)29-21(2,3)28-16/h5-6,8,11-12,16-17,27H,7,9H2,1-4H3,(H,23,24,26)/t11-,12-,16-,17+/m1/s1. The van der Waals surface area contributed by atoms with Crippen LogP contribution in [0.3, 0.4) is 0 Å². The molecule has 4 heterocycles. The van der Waals surface area contributed by atoms with Crippen LogP contribution in [0.4, 0.5) is 5.82 Å². The maximum atomic E-state index is 9.90. The summed E-state index contributed by atoms with van der Waals surface area (Å²) in [7, 11) is 0. The number of hydrogen-bond donors (Lipinski definition) is 2. The van der Waals surface area contributed by atoms with E-state index in [0.29, 0.717) is 5.16 Å². The maximum absolute atomic E-state index is 9.90. The van der Waals surface area contributed by atoms with Gasteiger partial charge >= 0.3 is 0 Å². The number of anilines is 1. The first-order chi connectivity index (χ1) is 14.9. The van der Waals surface area contributed by atoms with Gasteiger partial charge in [0.1, 0.15) is 22.4 Å². The van der Waals surface area contributed by atoms with E-state index in [0.717, 1.165) is 38.7 Å². The van der Waals surface area contributed by atoms with Gasteiger partial charge in [0.05, 0.1) is 34.3 Å². The lowest BCUT2D eigenvalue weighted by Crippen LogP contribution is -2.35. The summed E-state index contributed by atoms with van der Waals surface area (Å²) >= 11 is 3.10. The Kier molecular flexibility index (Phi) is 5.38. The van der Waals surface area contributed by atoms with Gasteiger partial charge in [-0.15, -0.1) is 11.3 Å². The van der Waals surface area contributed by atoms with E-state index >= 15 is 0 Å². The number of hydrogen-bond acceptors (Lipinski definition) is 10. The Balaban J connectivity index is 1.55. The summed E-state index contributed by atoms with van der Waals surface area (Å²) in [6, 6.07) is 1.93. The van der Waals surface area contributed by atoms with Gasteiger partial charge in [-0.1, -0.05) is 11.8 Å². The number of nitrogens with one attached hydrogen (secondary N) is 1. The summed E-state index contributed by atoms with van der Waals surface area (Å²) in [6.45, 7) is 5.88. The van der Waals surface area contributed by atoms with Crippen LogP contribution in [0.2, 0.25) is 0 Å². The number of aromatic nitrogens is 4. The first-order valence-corrected chi connectivity index (χ1v) is 12.3. The minimum atomic E-state index is -0.669. The van der Waals surface area contributed by atoms with Gasteiger partial charge in [0.2, 0.25) is 0 Å². The van der Waals surface area contributed by atoms with E-state index in [1.165, 1.54) is 11.8 Å². The molecule has 0 aromatic carbocycles. The van der Waals surface area contributed by atoms with Crippen molar-refractivity contribution in [3.63, 3.8) is 0 Å². The molecule has 31 heavy (non-hydrogen) atoms. The van der Waals surface area contributed by atoms with Crippen molar-refractivity contribution in [2.45, 2.75) is 56.4 Å². The van der Waals surface area contributed by atoms with Crippen molar-refractivity contribution in [3.8, 4) is 10.6 Å². The van der Waals surface area contributed by atoms with Crippen molar-refractivity contribution in [3.05, 3.63) is 24.2 Å². The second-order valence-electron chi connectivity index (χ2n) is 8.38.